The smallest absolute Gasteiger partial charge is 0.336 e. The van der Waals surface area contributed by atoms with Gasteiger partial charge in [0, 0.05) is 27.8 Å². The van der Waals surface area contributed by atoms with Crippen molar-refractivity contribution in [2.75, 3.05) is 6.61 Å². The quantitative estimate of drug-likeness (QED) is 0.213. The van der Waals surface area contributed by atoms with E-state index in [2.05, 4.69) is 6.07 Å². The Balaban J connectivity index is 1.59. The Hall–Kier alpha value is -3.92. The SMILES string of the molecule is CCCOc1cccc(C2C(C#N)=C(N)Oc3cc(OC(=O)/C=C/c4ccc(Cl)cc4Cl)ccc32)c1. The van der Waals surface area contributed by atoms with Crippen molar-refractivity contribution >= 4 is 35.2 Å². The summed E-state index contributed by atoms with van der Waals surface area (Å²) in [5, 5.41) is 10.7. The largest absolute Gasteiger partial charge is 0.494 e. The van der Waals surface area contributed by atoms with Crippen LogP contribution in [0.5, 0.6) is 17.2 Å². The molecular formula is C28H22Cl2N2O4. The highest BCUT2D eigenvalue weighted by Gasteiger charge is 2.31. The third-order valence-corrected chi connectivity index (χ3v) is 6.00. The molecule has 1 atom stereocenters. The van der Waals surface area contributed by atoms with Crippen LogP contribution in [0, 0.1) is 11.3 Å². The fourth-order valence-electron chi connectivity index (χ4n) is 3.79. The summed E-state index contributed by atoms with van der Waals surface area (Å²) in [6.07, 6.45) is 3.69. The number of carbonyl (C=O) groups is 1. The summed E-state index contributed by atoms with van der Waals surface area (Å²) in [5.74, 6) is 0.298. The molecule has 0 amide bonds. The van der Waals surface area contributed by atoms with Crippen molar-refractivity contribution in [1.29, 1.82) is 5.26 Å². The molecule has 2 N–H and O–H groups in total. The predicted octanol–water partition coefficient (Wildman–Crippen LogP) is 6.62. The molecule has 0 fully saturated rings. The third kappa shape index (κ3) is 5.65. The average Bonchev–Trinajstić information content (AvgIpc) is 2.86. The fourth-order valence-corrected chi connectivity index (χ4v) is 4.26. The molecule has 0 aromatic heterocycles. The number of nitrogens with two attached hydrogens (primary N) is 1. The molecule has 4 rings (SSSR count). The van der Waals surface area contributed by atoms with Crippen LogP contribution in [-0.2, 0) is 4.79 Å². The maximum Gasteiger partial charge on any atom is 0.336 e. The number of allylic oxidation sites excluding steroid dienone is 1. The second-order valence-corrected chi connectivity index (χ2v) is 8.81. The molecule has 6 nitrogen and oxygen atoms in total. The lowest BCUT2D eigenvalue weighted by Gasteiger charge is -2.27. The number of benzene rings is 3. The van der Waals surface area contributed by atoms with Gasteiger partial charge in [0.2, 0.25) is 5.88 Å². The molecule has 8 heteroatoms. The first-order chi connectivity index (χ1) is 17.4. The number of halogens is 2. The van der Waals surface area contributed by atoms with Crippen LogP contribution >= 0.6 is 23.2 Å². The average molecular weight is 521 g/mol. The number of ether oxygens (including phenoxy) is 3. The Morgan fingerprint density at radius 3 is 2.72 bits per heavy atom. The number of fused-ring (bicyclic) bond motifs is 1. The number of carbonyl (C=O) groups excluding carboxylic acids is 1. The lowest BCUT2D eigenvalue weighted by molar-refractivity contribution is -0.128. The minimum Gasteiger partial charge on any atom is -0.494 e. The zero-order valence-electron chi connectivity index (χ0n) is 19.3. The lowest BCUT2D eigenvalue weighted by atomic mass is 9.83. The summed E-state index contributed by atoms with van der Waals surface area (Å²) in [5.41, 5.74) is 8.57. The molecule has 1 heterocycles. The topological polar surface area (TPSA) is 94.6 Å². The van der Waals surface area contributed by atoms with Crippen LogP contribution in [0.15, 0.2) is 78.2 Å². The Morgan fingerprint density at radius 2 is 1.97 bits per heavy atom. The summed E-state index contributed by atoms with van der Waals surface area (Å²) >= 11 is 12.0. The van der Waals surface area contributed by atoms with Crippen LogP contribution in [-0.4, -0.2) is 12.6 Å². The maximum absolute atomic E-state index is 12.4. The van der Waals surface area contributed by atoms with E-state index in [0.717, 1.165) is 17.5 Å². The molecule has 3 aromatic carbocycles. The molecule has 0 spiro atoms. The van der Waals surface area contributed by atoms with E-state index >= 15 is 0 Å². The van der Waals surface area contributed by atoms with Crippen LogP contribution in [0.2, 0.25) is 10.0 Å². The van der Waals surface area contributed by atoms with Gasteiger partial charge in [-0.1, -0.05) is 54.4 Å². The molecule has 0 aliphatic carbocycles. The van der Waals surface area contributed by atoms with E-state index < -0.39 is 11.9 Å². The number of nitrogens with zero attached hydrogens (tertiary/aromatic N) is 1. The van der Waals surface area contributed by atoms with Crippen molar-refractivity contribution in [1.82, 2.24) is 0 Å². The second-order valence-electron chi connectivity index (χ2n) is 7.97. The highest BCUT2D eigenvalue weighted by Crippen LogP contribution is 2.44. The number of nitriles is 1. The minimum absolute atomic E-state index is 0.00404. The zero-order valence-corrected chi connectivity index (χ0v) is 20.8. The fraction of sp³-hybridized carbons (Fsp3) is 0.143. The van der Waals surface area contributed by atoms with E-state index in [1.807, 2.05) is 31.2 Å². The molecule has 0 saturated heterocycles. The molecule has 182 valence electrons. The summed E-state index contributed by atoms with van der Waals surface area (Å²) in [4.78, 5) is 12.4. The normalized spacial score (nSPS) is 14.7. The number of rotatable bonds is 7. The molecule has 0 radical (unpaired) electrons. The van der Waals surface area contributed by atoms with Gasteiger partial charge in [0.05, 0.1) is 12.5 Å². The van der Waals surface area contributed by atoms with Crippen molar-refractivity contribution < 1.29 is 19.0 Å². The van der Waals surface area contributed by atoms with Crippen LogP contribution in [0.3, 0.4) is 0 Å². The van der Waals surface area contributed by atoms with Gasteiger partial charge in [-0.3, -0.25) is 0 Å². The van der Waals surface area contributed by atoms with Crippen molar-refractivity contribution in [3.8, 4) is 23.3 Å². The van der Waals surface area contributed by atoms with E-state index in [4.69, 9.17) is 43.1 Å². The van der Waals surface area contributed by atoms with Crippen molar-refractivity contribution in [2.45, 2.75) is 19.3 Å². The van der Waals surface area contributed by atoms with Gasteiger partial charge in [-0.05, 0) is 54.0 Å². The van der Waals surface area contributed by atoms with Gasteiger partial charge < -0.3 is 19.9 Å². The molecule has 36 heavy (non-hydrogen) atoms. The van der Waals surface area contributed by atoms with Gasteiger partial charge in [0.15, 0.2) is 0 Å². The van der Waals surface area contributed by atoms with E-state index in [1.165, 1.54) is 6.08 Å². The van der Waals surface area contributed by atoms with E-state index in [-0.39, 0.29) is 11.6 Å². The summed E-state index contributed by atoms with van der Waals surface area (Å²) in [6.45, 7) is 2.62. The number of hydrogen-bond donors (Lipinski definition) is 1. The van der Waals surface area contributed by atoms with Gasteiger partial charge in [-0.2, -0.15) is 5.26 Å². The monoisotopic (exact) mass is 520 g/mol. The zero-order chi connectivity index (χ0) is 25.7. The van der Waals surface area contributed by atoms with Crippen LogP contribution in [0.4, 0.5) is 0 Å². The summed E-state index contributed by atoms with van der Waals surface area (Å²) in [6, 6.07) is 19.6. The molecule has 1 unspecified atom stereocenters. The van der Waals surface area contributed by atoms with Crippen molar-refractivity contribution in [3.05, 3.63) is 105 Å². The van der Waals surface area contributed by atoms with Crippen molar-refractivity contribution in [2.24, 2.45) is 5.73 Å². The highest BCUT2D eigenvalue weighted by atomic mass is 35.5. The molecule has 1 aliphatic heterocycles. The summed E-state index contributed by atoms with van der Waals surface area (Å²) in [7, 11) is 0. The van der Waals surface area contributed by atoms with Crippen LogP contribution in [0.1, 0.15) is 36.0 Å². The Morgan fingerprint density at radius 1 is 1.14 bits per heavy atom. The standard InChI is InChI=1S/C28H22Cl2N2O4/c1-2-12-34-20-5-3-4-18(13-20)27-22-10-9-21(15-25(22)36-28(32)23(27)16-31)35-26(33)11-7-17-6-8-19(29)14-24(17)30/h3-11,13-15,27H,2,12,32H2,1H3/b11-7+. The number of esters is 1. The third-order valence-electron chi connectivity index (χ3n) is 5.43. The van der Waals surface area contributed by atoms with Crippen LogP contribution < -0.4 is 19.9 Å². The first-order valence-corrected chi connectivity index (χ1v) is 11.9. The first kappa shape index (κ1) is 25.2. The Labute approximate surface area is 219 Å². The minimum atomic E-state index is -0.602. The molecule has 1 aliphatic rings. The van der Waals surface area contributed by atoms with Crippen molar-refractivity contribution in [3.63, 3.8) is 0 Å². The van der Waals surface area contributed by atoms with Gasteiger partial charge in [0.25, 0.3) is 0 Å². The van der Waals surface area contributed by atoms with Gasteiger partial charge in [-0.25, -0.2) is 4.79 Å². The molecule has 3 aromatic rings. The molecular weight excluding hydrogens is 499 g/mol. The maximum atomic E-state index is 12.4. The lowest BCUT2D eigenvalue weighted by Crippen LogP contribution is -2.21. The van der Waals surface area contributed by atoms with Gasteiger partial charge in [0.1, 0.15) is 28.9 Å². The number of hydrogen-bond acceptors (Lipinski definition) is 6. The molecule has 0 bridgehead atoms. The van der Waals surface area contributed by atoms with Gasteiger partial charge in [-0.15, -0.1) is 0 Å². The van der Waals surface area contributed by atoms with Gasteiger partial charge >= 0.3 is 5.97 Å². The highest BCUT2D eigenvalue weighted by molar-refractivity contribution is 6.35. The van der Waals surface area contributed by atoms with E-state index in [1.54, 1.807) is 42.5 Å². The molecule has 0 saturated carbocycles. The predicted molar refractivity (Wildman–Crippen MR) is 139 cm³/mol. The second kappa shape index (κ2) is 11.2. The Kier molecular flexibility index (Phi) is 7.84. The van der Waals surface area contributed by atoms with E-state index in [9.17, 15) is 10.1 Å². The summed E-state index contributed by atoms with van der Waals surface area (Å²) < 4.78 is 16.9. The Bertz CT molecular complexity index is 1410. The first-order valence-electron chi connectivity index (χ1n) is 11.2. The van der Waals surface area contributed by atoms with Crippen LogP contribution in [0.25, 0.3) is 6.08 Å². The van der Waals surface area contributed by atoms with E-state index in [0.29, 0.717) is 39.3 Å².